The minimum Gasteiger partial charge on any atom is -0.240 e. The minimum absolute atomic E-state index is 1.18. The van der Waals surface area contributed by atoms with Crippen molar-refractivity contribution in [3.8, 4) is 0 Å². The van der Waals surface area contributed by atoms with Crippen LogP contribution in [0.25, 0.3) is 0 Å². The molecule has 0 aliphatic heterocycles. The number of hydrogen-bond donors (Lipinski definition) is 0. The molecule has 0 unspecified atom stereocenters. The first kappa shape index (κ1) is 7.67. The summed E-state index contributed by atoms with van der Waals surface area (Å²) in [6.45, 7) is 7.65. The average Bonchev–Trinajstić information content (AvgIpc) is 1.67. The van der Waals surface area contributed by atoms with Crippen molar-refractivity contribution in [3.05, 3.63) is 0 Å². The van der Waals surface area contributed by atoms with Gasteiger partial charge < -0.3 is 0 Å². The van der Waals surface area contributed by atoms with Crippen LogP contribution >= 0.6 is 0 Å². The second-order valence-corrected chi connectivity index (χ2v) is 2.37. The Kier molecular flexibility index (Phi) is 3.49. The van der Waals surface area contributed by atoms with Crippen LogP contribution in [0.4, 0.5) is 0 Å². The Hall–Kier alpha value is -0.330. The molecule has 0 saturated heterocycles. The number of nitrogens with zero attached hydrogens (tertiary/aromatic N) is 1. The third kappa shape index (κ3) is 2.78. The van der Waals surface area contributed by atoms with E-state index in [1.54, 1.807) is 0 Å². The van der Waals surface area contributed by atoms with Gasteiger partial charge in [-0.2, -0.15) is 0 Å². The van der Waals surface area contributed by atoms with Crippen molar-refractivity contribution < 1.29 is 4.58 Å². The molecule has 0 rings (SSSR count). The predicted molar refractivity (Wildman–Crippen MR) is 37.7 cm³/mol. The standard InChI is InChI=1S/C7H16N/c1-5-6-8(4)7(2)3/h5-6H2,1-4H3/q+1. The van der Waals surface area contributed by atoms with Crippen molar-refractivity contribution in [2.45, 2.75) is 27.2 Å². The smallest absolute Gasteiger partial charge is 0.145 e. The topological polar surface area (TPSA) is 3.01 Å². The summed E-state index contributed by atoms with van der Waals surface area (Å²) in [5.74, 6) is 0. The van der Waals surface area contributed by atoms with E-state index in [1.807, 2.05) is 0 Å². The molecule has 8 heavy (non-hydrogen) atoms. The highest BCUT2D eigenvalue weighted by Gasteiger charge is 1.93. The first-order chi connectivity index (χ1) is 3.68. The summed E-state index contributed by atoms with van der Waals surface area (Å²) in [6, 6.07) is 0. The maximum Gasteiger partial charge on any atom is 0.145 e. The quantitative estimate of drug-likeness (QED) is 0.378. The molecule has 0 atom stereocenters. The molecule has 0 amide bonds. The monoisotopic (exact) mass is 114 g/mol. The van der Waals surface area contributed by atoms with Gasteiger partial charge in [0.05, 0.1) is 0 Å². The Balaban J connectivity index is 3.62. The summed E-state index contributed by atoms with van der Waals surface area (Å²) in [6.07, 6.45) is 1.24. The lowest BCUT2D eigenvalue weighted by Crippen LogP contribution is -2.12. The second kappa shape index (κ2) is 3.65. The van der Waals surface area contributed by atoms with Crippen LogP contribution in [-0.4, -0.2) is 23.9 Å². The second-order valence-electron chi connectivity index (χ2n) is 2.37. The van der Waals surface area contributed by atoms with E-state index in [4.69, 9.17) is 0 Å². The van der Waals surface area contributed by atoms with E-state index in [9.17, 15) is 0 Å². The first-order valence-electron chi connectivity index (χ1n) is 3.19. The van der Waals surface area contributed by atoms with Crippen molar-refractivity contribution in [1.29, 1.82) is 0 Å². The zero-order chi connectivity index (χ0) is 6.57. The maximum atomic E-state index is 2.26. The van der Waals surface area contributed by atoms with Crippen LogP contribution in [0.1, 0.15) is 27.2 Å². The average molecular weight is 114 g/mol. The maximum absolute atomic E-state index is 2.26. The fraction of sp³-hybridized carbons (Fsp3) is 0.857. The molecule has 0 aliphatic rings. The molecule has 0 N–H and O–H groups in total. The van der Waals surface area contributed by atoms with Gasteiger partial charge in [0.15, 0.2) is 0 Å². The van der Waals surface area contributed by atoms with E-state index in [1.165, 1.54) is 18.7 Å². The first-order valence-corrected chi connectivity index (χ1v) is 3.19. The van der Waals surface area contributed by atoms with Gasteiger partial charge in [0.1, 0.15) is 19.3 Å². The molecule has 0 aliphatic carbocycles. The molecule has 1 heteroatoms. The fourth-order valence-corrected chi connectivity index (χ4v) is 0.559. The Labute approximate surface area is 52.0 Å². The van der Waals surface area contributed by atoms with Gasteiger partial charge in [-0.25, -0.2) is 4.58 Å². The van der Waals surface area contributed by atoms with E-state index >= 15 is 0 Å². The van der Waals surface area contributed by atoms with E-state index in [-0.39, 0.29) is 0 Å². The van der Waals surface area contributed by atoms with Gasteiger partial charge in [-0.3, -0.25) is 0 Å². The Morgan fingerprint density at radius 3 is 2.00 bits per heavy atom. The highest BCUT2D eigenvalue weighted by atomic mass is 15.0. The van der Waals surface area contributed by atoms with Crippen LogP contribution in [0.5, 0.6) is 0 Å². The SMILES string of the molecule is CCC[N+](C)=C(C)C. The van der Waals surface area contributed by atoms with Gasteiger partial charge in [-0.05, 0) is 0 Å². The molecule has 0 heterocycles. The molecule has 48 valence electrons. The molecule has 0 radical (unpaired) electrons. The summed E-state index contributed by atoms with van der Waals surface area (Å²) in [5, 5.41) is 0. The lowest BCUT2D eigenvalue weighted by molar-refractivity contribution is -0.498. The summed E-state index contributed by atoms with van der Waals surface area (Å²) < 4.78 is 2.26. The normalized spacial score (nSPS) is 9.00. The van der Waals surface area contributed by atoms with Gasteiger partial charge in [0.2, 0.25) is 0 Å². The number of rotatable bonds is 2. The Morgan fingerprint density at radius 2 is 1.88 bits per heavy atom. The molecular formula is C7H16N+. The van der Waals surface area contributed by atoms with E-state index in [0.717, 1.165) is 0 Å². The largest absolute Gasteiger partial charge is 0.240 e. The van der Waals surface area contributed by atoms with Crippen LogP contribution < -0.4 is 0 Å². The zero-order valence-electron chi connectivity index (χ0n) is 6.36. The molecule has 0 saturated carbocycles. The van der Waals surface area contributed by atoms with Crippen molar-refractivity contribution in [2.75, 3.05) is 13.6 Å². The molecule has 1 nitrogen and oxygen atoms in total. The van der Waals surface area contributed by atoms with Crippen molar-refractivity contribution in [3.63, 3.8) is 0 Å². The summed E-state index contributed by atoms with van der Waals surface area (Å²) in [5.41, 5.74) is 1.40. The summed E-state index contributed by atoms with van der Waals surface area (Å²) >= 11 is 0. The zero-order valence-corrected chi connectivity index (χ0v) is 6.36. The lowest BCUT2D eigenvalue weighted by atomic mass is 10.4. The van der Waals surface area contributed by atoms with E-state index in [2.05, 4.69) is 32.4 Å². The third-order valence-corrected chi connectivity index (χ3v) is 1.32. The highest BCUT2D eigenvalue weighted by molar-refractivity contribution is 5.73. The van der Waals surface area contributed by atoms with Gasteiger partial charge in [0, 0.05) is 20.3 Å². The van der Waals surface area contributed by atoms with Crippen LogP contribution in [0.3, 0.4) is 0 Å². The highest BCUT2D eigenvalue weighted by Crippen LogP contribution is 1.78. The molecule has 0 aromatic carbocycles. The molecule has 0 bridgehead atoms. The Morgan fingerprint density at radius 1 is 1.38 bits per heavy atom. The van der Waals surface area contributed by atoms with Crippen LogP contribution in [0, 0.1) is 0 Å². The summed E-state index contributed by atoms with van der Waals surface area (Å²) in [4.78, 5) is 0. The minimum atomic E-state index is 1.18. The third-order valence-electron chi connectivity index (χ3n) is 1.32. The van der Waals surface area contributed by atoms with Crippen molar-refractivity contribution in [2.24, 2.45) is 0 Å². The van der Waals surface area contributed by atoms with Crippen molar-refractivity contribution >= 4 is 5.71 Å². The van der Waals surface area contributed by atoms with E-state index < -0.39 is 0 Å². The molecule has 0 spiro atoms. The Bertz CT molecular complexity index is 88.6. The molecular weight excluding hydrogens is 98.1 g/mol. The van der Waals surface area contributed by atoms with Crippen LogP contribution in [0.2, 0.25) is 0 Å². The predicted octanol–water partition coefficient (Wildman–Crippen LogP) is 1.52. The number of hydrogen-bond acceptors (Lipinski definition) is 0. The van der Waals surface area contributed by atoms with Crippen molar-refractivity contribution in [1.82, 2.24) is 0 Å². The van der Waals surface area contributed by atoms with Gasteiger partial charge >= 0.3 is 0 Å². The summed E-state index contributed by atoms with van der Waals surface area (Å²) in [7, 11) is 2.12. The fourth-order valence-electron chi connectivity index (χ4n) is 0.559. The van der Waals surface area contributed by atoms with Gasteiger partial charge in [-0.1, -0.05) is 6.92 Å². The van der Waals surface area contributed by atoms with Crippen LogP contribution in [0.15, 0.2) is 0 Å². The lowest BCUT2D eigenvalue weighted by Gasteiger charge is -1.93. The van der Waals surface area contributed by atoms with Crippen LogP contribution in [-0.2, 0) is 0 Å². The molecule has 0 aromatic heterocycles. The van der Waals surface area contributed by atoms with Gasteiger partial charge in [-0.15, -0.1) is 0 Å². The van der Waals surface area contributed by atoms with Gasteiger partial charge in [0.25, 0.3) is 0 Å². The van der Waals surface area contributed by atoms with E-state index in [0.29, 0.717) is 0 Å². The molecule has 0 aromatic rings. The molecule has 0 fully saturated rings.